The Morgan fingerprint density at radius 3 is 2.26 bits per heavy atom. The fraction of sp³-hybridized carbons (Fsp3) is 0.143. The van der Waals surface area contributed by atoms with E-state index < -0.39 is 0 Å². The van der Waals surface area contributed by atoms with E-state index in [1.54, 1.807) is 47.4 Å². The van der Waals surface area contributed by atoms with E-state index in [1.807, 2.05) is 17.5 Å². The number of hydrogen-bond acceptors (Lipinski definition) is 4. The summed E-state index contributed by atoms with van der Waals surface area (Å²) in [5.41, 5.74) is 1.04. The summed E-state index contributed by atoms with van der Waals surface area (Å²) in [5, 5.41) is 2.02. The van der Waals surface area contributed by atoms with Gasteiger partial charge < -0.3 is 0 Å². The molecule has 0 saturated carbocycles. The molecule has 0 radical (unpaired) electrons. The monoisotopic (exact) mass is 289 g/mol. The van der Waals surface area contributed by atoms with Crippen molar-refractivity contribution in [3.63, 3.8) is 0 Å². The normalized spacial score (nSPS) is 14.0. The second kappa shape index (κ2) is 5.19. The minimum atomic E-state index is -0.174. The number of fused-ring (bicyclic) bond motifs is 1. The lowest BCUT2D eigenvalue weighted by molar-refractivity contribution is 0.0664. The fourth-order valence-corrected chi connectivity index (χ4v) is 3.81. The van der Waals surface area contributed by atoms with E-state index in [0.717, 1.165) is 5.75 Å². The maximum Gasteiger partial charge on any atom is 0.261 e. The Morgan fingerprint density at radius 2 is 1.68 bits per heavy atom. The first-order valence-electron chi connectivity index (χ1n) is 5.89. The van der Waals surface area contributed by atoms with Gasteiger partial charge in [-0.05, 0) is 23.6 Å². The van der Waals surface area contributed by atoms with Gasteiger partial charge in [0.05, 0.1) is 15.3 Å². The van der Waals surface area contributed by atoms with Crippen LogP contribution in [-0.4, -0.2) is 29.0 Å². The van der Waals surface area contributed by atoms with Crippen LogP contribution in [-0.2, 0) is 0 Å². The molecule has 1 aliphatic rings. The van der Waals surface area contributed by atoms with Crippen molar-refractivity contribution in [3.05, 3.63) is 52.9 Å². The lowest BCUT2D eigenvalue weighted by Gasteiger charge is -2.12. The molecule has 3 nitrogen and oxygen atoms in total. The van der Waals surface area contributed by atoms with Gasteiger partial charge in [0.2, 0.25) is 0 Å². The number of thioether (sulfide) groups is 1. The van der Waals surface area contributed by atoms with Gasteiger partial charge in [0.1, 0.15) is 0 Å². The van der Waals surface area contributed by atoms with Crippen LogP contribution < -0.4 is 0 Å². The standard InChI is InChI=1S/C14H11NO2S2/c16-13-10-4-1-2-5-11(10)14(17)15(13)7-9-19-12-6-3-8-18-12/h1-6,8H,7,9H2. The number of imide groups is 1. The number of carbonyl (C=O) groups is 2. The van der Waals surface area contributed by atoms with Crippen molar-refractivity contribution in [2.45, 2.75) is 4.21 Å². The second-order valence-corrected chi connectivity index (χ2v) is 6.43. The Bertz CT molecular complexity index is 587. The molecule has 2 heterocycles. The molecule has 0 spiro atoms. The van der Waals surface area contributed by atoms with E-state index in [-0.39, 0.29) is 11.8 Å². The SMILES string of the molecule is O=C1c2ccccc2C(=O)N1CCSc1cccs1. The molecule has 0 unspecified atom stereocenters. The molecule has 5 heteroatoms. The highest BCUT2D eigenvalue weighted by atomic mass is 32.2. The zero-order valence-electron chi connectivity index (χ0n) is 10.0. The molecule has 0 aliphatic carbocycles. The predicted molar refractivity (Wildman–Crippen MR) is 76.9 cm³/mol. The second-order valence-electron chi connectivity index (χ2n) is 4.09. The summed E-state index contributed by atoms with van der Waals surface area (Å²) < 4.78 is 1.21. The molecule has 0 bridgehead atoms. The first-order valence-corrected chi connectivity index (χ1v) is 7.75. The summed E-state index contributed by atoms with van der Waals surface area (Å²) in [6, 6.07) is 11.0. The summed E-state index contributed by atoms with van der Waals surface area (Å²) in [7, 11) is 0. The molecule has 19 heavy (non-hydrogen) atoms. The van der Waals surface area contributed by atoms with Crippen molar-refractivity contribution >= 4 is 34.9 Å². The van der Waals surface area contributed by atoms with Gasteiger partial charge in [-0.25, -0.2) is 0 Å². The van der Waals surface area contributed by atoms with Crippen LogP contribution in [0.1, 0.15) is 20.7 Å². The predicted octanol–water partition coefficient (Wildman–Crippen LogP) is 3.14. The van der Waals surface area contributed by atoms with Crippen molar-refractivity contribution in [2.24, 2.45) is 0 Å². The topological polar surface area (TPSA) is 37.4 Å². The minimum absolute atomic E-state index is 0.174. The molecule has 1 aromatic heterocycles. The third-order valence-electron chi connectivity index (χ3n) is 2.93. The fourth-order valence-electron chi connectivity index (χ4n) is 2.03. The zero-order chi connectivity index (χ0) is 13.2. The van der Waals surface area contributed by atoms with Crippen LogP contribution >= 0.6 is 23.1 Å². The maximum absolute atomic E-state index is 12.1. The van der Waals surface area contributed by atoms with Gasteiger partial charge in [-0.2, -0.15) is 0 Å². The number of hydrogen-bond donors (Lipinski definition) is 0. The molecule has 1 aromatic carbocycles. The first-order chi connectivity index (χ1) is 9.27. The van der Waals surface area contributed by atoms with Crippen molar-refractivity contribution in [2.75, 3.05) is 12.3 Å². The number of nitrogens with zero attached hydrogens (tertiary/aromatic N) is 1. The molecule has 3 rings (SSSR count). The summed E-state index contributed by atoms with van der Waals surface area (Å²) in [5.74, 6) is 0.381. The number of thiophene rings is 1. The van der Waals surface area contributed by atoms with Crippen molar-refractivity contribution in [1.29, 1.82) is 0 Å². The number of carbonyl (C=O) groups excluding carboxylic acids is 2. The Morgan fingerprint density at radius 1 is 1.00 bits per heavy atom. The van der Waals surface area contributed by atoms with Gasteiger partial charge in [-0.3, -0.25) is 14.5 Å². The van der Waals surface area contributed by atoms with E-state index in [1.165, 1.54) is 9.11 Å². The van der Waals surface area contributed by atoms with Gasteiger partial charge in [0, 0.05) is 12.3 Å². The molecule has 0 saturated heterocycles. The quantitative estimate of drug-likeness (QED) is 0.641. The Balaban J connectivity index is 1.67. The van der Waals surface area contributed by atoms with E-state index >= 15 is 0 Å². The highest BCUT2D eigenvalue weighted by Gasteiger charge is 2.34. The highest BCUT2D eigenvalue weighted by molar-refractivity contribution is 8.01. The van der Waals surface area contributed by atoms with Crippen LogP contribution in [0.4, 0.5) is 0 Å². The number of rotatable bonds is 4. The first kappa shape index (κ1) is 12.4. The smallest absolute Gasteiger partial charge is 0.261 e. The Hall–Kier alpha value is -1.59. The summed E-state index contributed by atoms with van der Waals surface area (Å²) in [6.07, 6.45) is 0. The van der Waals surface area contributed by atoms with Gasteiger partial charge in [0.25, 0.3) is 11.8 Å². The third-order valence-corrected chi connectivity index (χ3v) is 5.04. The number of amides is 2. The molecular weight excluding hydrogens is 278 g/mol. The summed E-state index contributed by atoms with van der Waals surface area (Å²) in [6.45, 7) is 0.453. The average molecular weight is 289 g/mol. The van der Waals surface area contributed by atoms with Crippen LogP contribution in [0, 0.1) is 0 Å². The van der Waals surface area contributed by atoms with Crippen LogP contribution in [0.15, 0.2) is 46.0 Å². The van der Waals surface area contributed by atoms with Gasteiger partial charge in [0.15, 0.2) is 0 Å². The maximum atomic E-state index is 12.1. The van der Waals surface area contributed by atoms with Crippen molar-refractivity contribution in [1.82, 2.24) is 4.90 Å². The Labute approximate surface area is 119 Å². The molecule has 0 N–H and O–H groups in total. The lowest BCUT2D eigenvalue weighted by atomic mass is 10.1. The van der Waals surface area contributed by atoms with Crippen LogP contribution in [0.5, 0.6) is 0 Å². The van der Waals surface area contributed by atoms with E-state index in [2.05, 4.69) is 0 Å². The zero-order valence-corrected chi connectivity index (χ0v) is 11.7. The van der Waals surface area contributed by atoms with E-state index in [0.29, 0.717) is 17.7 Å². The third kappa shape index (κ3) is 2.31. The lowest BCUT2D eigenvalue weighted by Crippen LogP contribution is -2.31. The van der Waals surface area contributed by atoms with Crippen LogP contribution in [0.25, 0.3) is 0 Å². The largest absolute Gasteiger partial charge is 0.273 e. The molecule has 96 valence electrons. The average Bonchev–Trinajstić information content (AvgIpc) is 3.02. The number of benzene rings is 1. The highest BCUT2D eigenvalue weighted by Crippen LogP contribution is 2.26. The minimum Gasteiger partial charge on any atom is -0.273 e. The Kier molecular flexibility index (Phi) is 3.40. The van der Waals surface area contributed by atoms with E-state index in [9.17, 15) is 9.59 Å². The molecule has 0 atom stereocenters. The van der Waals surface area contributed by atoms with Gasteiger partial charge >= 0.3 is 0 Å². The molecular formula is C14H11NO2S2. The van der Waals surface area contributed by atoms with Crippen LogP contribution in [0.2, 0.25) is 0 Å². The molecule has 0 fully saturated rings. The molecule has 2 aromatic rings. The summed E-state index contributed by atoms with van der Waals surface area (Å²) in [4.78, 5) is 25.5. The van der Waals surface area contributed by atoms with Crippen molar-refractivity contribution in [3.8, 4) is 0 Å². The molecule has 1 aliphatic heterocycles. The van der Waals surface area contributed by atoms with Gasteiger partial charge in [-0.1, -0.05) is 18.2 Å². The molecule has 2 amide bonds. The summed E-state index contributed by atoms with van der Waals surface area (Å²) >= 11 is 3.34. The van der Waals surface area contributed by atoms with Gasteiger partial charge in [-0.15, -0.1) is 23.1 Å². The van der Waals surface area contributed by atoms with Crippen LogP contribution in [0.3, 0.4) is 0 Å². The van der Waals surface area contributed by atoms with E-state index in [4.69, 9.17) is 0 Å². The van der Waals surface area contributed by atoms with Crippen molar-refractivity contribution < 1.29 is 9.59 Å².